The van der Waals surface area contributed by atoms with Gasteiger partial charge in [-0.1, -0.05) is 17.7 Å². The Morgan fingerprint density at radius 1 is 1.31 bits per heavy atom. The van der Waals surface area contributed by atoms with Gasteiger partial charge in [0.1, 0.15) is 6.26 Å². The van der Waals surface area contributed by atoms with Gasteiger partial charge in [0.05, 0.1) is 5.69 Å². The highest BCUT2D eigenvalue weighted by atomic mass is 16.3. The molecule has 1 aromatic heterocycles. The van der Waals surface area contributed by atoms with Crippen molar-refractivity contribution >= 4 is 0 Å². The quantitative estimate of drug-likeness (QED) is 0.857. The maximum Gasteiger partial charge on any atom is 0.226 e. The highest BCUT2D eigenvalue weighted by molar-refractivity contribution is 5.59. The first-order valence-electron chi connectivity index (χ1n) is 5.43. The maximum absolute atomic E-state index is 5.48. The van der Waals surface area contributed by atoms with Crippen molar-refractivity contribution in [3.63, 3.8) is 0 Å². The van der Waals surface area contributed by atoms with Gasteiger partial charge in [0.2, 0.25) is 5.89 Å². The largest absolute Gasteiger partial charge is 0.444 e. The highest BCUT2D eigenvalue weighted by Gasteiger charge is 2.08. The van der Waals surface area contributed by atoms with Crippen LogP contribution in [0.1, 0.15) is 16.8 Å². The van der Waals surface area contributed by atoms with Gasteiger partial charge in [-0.3, -0.25) is 0 Å². The monoisotopic (exact) mass is 216 g/mol. The molecule has 0 saturated carbocycles. The Morgan fingerprint density at radius 3 is 2.88 bits per heavy atom. The molecule has 0 unspecified atom stereocenters. The molecule has 2 rings (SSSR count). The van der Waals surface area contributed by atoms with Crippen LogP contribution in [0, 0.1) is 13.8 Å². The Kier molecular flexibility index (Phi) is 3.06. The Labute approximate surface area is 95.3 Å². The molecule has 3 nitrogen and oxygen atoms in total. The van der Waals surface area contributed by atoms with Crippen molar-refractivity contribution in [3.8, 4) is 11.5 Å². The normalized spacial score (nSPS) is 10.7. The summed E-state index contributed by atoms with van der Waals surface area (Å²) in [5.74, 6) is 0.685. The van der Waals surface area contributed by atoms with Gasteiger partial charge in [0.25, 0.3) is 0 Å². The first-order chi connectivity index (χ1) is 7.70. The van der Waals surface area contributed by atoms with Crippen molar-refractivity contribution in [2.45, 2.75) is 20.3 Å². The summed E-state index contributed by atoms with van der Waals surface area (Å²) in [6.45, 7) is 4.72. The third kappa shape index (κ3) is 2.14. The van der Waals surface area contributed by atoms with E-state index in [1.807, 2.05) is 0 Å². The number of oxazole rings is 1. The van der Waals surface area contributed by atoms with E-state index in [1.165, 1.54) is 11.1 Å². The zero-order valence-corrected chi connectivity index (χ0v) is 9.66. The second-order valence-corrected chi connectivity index (χ2v) is 4.00. The number of benzene rings is 1. The van der Waals surface area contributed by atoms with Gasteiger partial charge in [0, 0.05) is 12.0 Å². The molecule has 1 aromatic carbocycles. The Balaban J connectivity index is 2.38. The fourth-order valence-corrected chi connectivity index (χ4v) is 1.66. The second kappa shape index (κ2) is 4.49. The van der Waals surface area contributed by atoms with E-state index < -0.39 is 0 Å². The van der Waals surface area contributed by atoms with Gasteiger partial charge < -0.3 is 10.2 Å². The van der Waals surface area contributed by atoms with Crippen LogP contribution in [-0.4, -0.2) is 11.5 Å². The van der Waals surface area contributed by atoms with Crippen LogP contribution < -0.4 is 5.73 Å². The van der Waals surface area contributed by atoms with Crippen molar-refractivity contribution in [2.75, 3.05) is 6.54 Å². The Bertz CT molecular complexity index is 488. The molecule has 0 atom stereocenters. The number of aryl methyl sites for hydroxylation is 2. The third-order valence-electron chi connectivity index (χ3n) is 2.58. The first kappa shape index (κ1) is 10.9. The van der Waals surface area contributed by atoms with Crippen LogP contribution >= 0.6 is 0 Å². The summed E-state index contributed by atoms with van der Waals surface area (Å²) in [5, 5.41) is 0. The van der Waals surface area contributed by atoms with Gasteiger partial charge in [0.15, 0.2) is 0 Å². The highest BCUT2D eigenvalue weighted by Crippen LogP contribution is 2.23. The average molecular weight is 216 g/mol. The summed E-state index contributed by atoms with van der Waals surface area (Å²) in [6, 6.07) is 6.26. The van der Waals surface area contributed by atoms with E-state index in [0.29, 0.717) is 12.4 Å². The van der Waals surface area contributed by atoms with E-state index >= 15 is 0 Å². The molecular weight excluding hydrogens is 200 g/mol. The minimum absolute atomic E-state index is 0.596. The lowest BCUT2D eigenvalue weighted by Crippen LogP contribution is -2.02. The standard InChI is InChI=1S/C13H16N2O/c1-9-3-4-10(2)12(7-9)13-15-11(5-6-14)8-16-13/h3-4,7-8H,5-6,14H2,1-2H3. The molecule has 2 N–H and O–H groups in total. The first-order valence-corrected chi connectivity index (χ1v) is 5.43. The number of aromatic nitrogens is 1. The van der Waals surface area contributed by atoms with Crippen LogP contribution in [0.15, 0.2) is 28.9 Å². The van der Waals surface area contributed by atoms with Crippen molar-refractivity contribution in [2.24, 2.45) is 5.73 Å². The van der Waals surface area contributed by atoms with Gasteiger partial charge in [-0.25, -0.2) is 4.98 Å². The van der Waals surface area contributed by atoms with Crippen LogP contribution in [0.3, 0.4) is 0 Å². The average Bonchev–Trinajstić information content (AvgIpc) is 2.71. The SMILES string of the molecule is Cc1ccc(C)c(-c2nc(CCN)co2)c1. The molecule has 0 radical (unpaired) electrons. The fourth-order valence-electron chi connectivity index (χ4n) is 1.66. The minimum atomic E-state index is 0.596. The molecule has 1 heterocycles. The number of hydrogen-bond donors (Lipinski definition) is 1. The lowest BCUT2D eigenvalue weighted by atomic mass is 10.1. The predicted molar refractivity (Wildman–Crippen MR) is 64.2 cm³/mol. The van der Waals surface area contributed by atoms with E-state index in [2.05, 4.69) is 37.0 Å². The van der Waals surface area contributed by atoms with Crippen LogP contribution in [0.2, 0.25) is 0 Å². The molecule has 0 amide bonds. The van der Waals surface area contributed by atoms with E-state index in [9.17, 15) is 0 Å². The zero-order valence-electron chi connectivity index (χ0n) is 9.66. The molecular formula is C13H16N2O. The third-order valence-corrected chi connectivity index (χ3v) is 2.58. The van der Waals surface area contributed by atoms with E-state index in [0.717, 1.165) is 17.7 Å². The number of hydrogen-bond acceptors (Lipinski definition) is 3. The molecule has 3 heteroatoms. The summed E-state index contributed by atoms with van der Waals surface area (Å²) < 4.78 is 5.47. The maximum atomic E-state index is 5.48. The minimum Gasteiger partial charge on any atom is -0.444 e. The van der Waals surface area contributed by atoms with Gasteiger partial charge in [-0.2, -0.15) is 0 Å². The lowest BCUT2D eigenvalue weighted by Gasteiger charge is -2.02. The molecule has 84 valence electrons. The lowest BCUT2D eigenvalue weighted by molar-refractivity contribution is 0.572. The van der Waals surface area contributed by atoms with Crippen LogP contribution in [-0.2, 0) is 6.42 Å². The van der Waals surface area contributed by atoms with Crippen molar-refractivity contribution in [1.82, 2.24) is 4.98 Å². The van der Waals surface area contributed by atoms with E-state index in [-0.39, 0.29) is 0 Å². The second-order valence-electron chi connectivity index (χ2n) is 4.00. The zero-order chi connectivity index (χ0) is 11.5. The molecule has 0 aliphatic rings. The van der Waals surface area contributed by atoms with Crippen LogP contribution in [0.4, 0.5) is 0 Å². The summed E-state index contributed by atoms with van der Waals surface area (Å²) in [5.41, 5.74) is 9.84. The molecule has 0 aliphatic carbocycles. The van der Waals surface area contributed by atoms with Gasteiger partial charge in [-0.05, 0) is 32.0 Å². The van der Waals surface area contributed by atoms with E-state index in [1.54, 1.807) is 6.26 Å². The molecule has 2 aromatic rings. The summed E-state index contributed by atoms with van der Waals surface area (Å²) in [6.07, 6.45) is 2.44. The molecule has 0 fully saturated rings. The molecule has 0 aliphatic heterocycles. The smallest absolute Gasteiger partial charge is 0.226 e. The number of nitrogens with zero attached hydrogens (tertiary/aromatic N) is 1. The van der Waals surface area contributed by atoms with Gasteiger partial charge in [-0.15, -0.1) is 0 Å². The van der Waals surface area contributed by atoms with Crippen molar-refractivity contribution in [1.29, 1.82) is 0 Å². The number of rotatable bonds is 3. The molecule has 0 saturated heterocycles. The predicted octanol–water partition coefficient (Wildman–Crippen LogP) is 2.46. The summed E-state index contributed by atoms with van der Waals surface area (Å²) in [4.78, 5) is 4.43. The van der Waals surface area contributed by atoms with Crippen molar-refractivity contribution < 1.29 is 4.42 Å². The summed E-state index contributed by atoms with van der Waals surface area (Å²) >= 11 is 0. The topological polar surface area (TPSA) is 52.0 Å². The van der Waals surface area contributed by atoms with Crippen LogP contribution in [0.25, 0.3) is 11.5 Å². The van der Waals surface area contributed by atoms with Crippen LogP contribution in [0.5, 0.6) is 0 Å². The molecule has 16 heavy (non-hydrogen) atoms. The summed E-state index contributed by atoms with van der Waals surface area (Å²) in [7, 11) is 0. The molecule has 0 bridgehead atoms. The van der Waals surface area contributed by atoms with Gasteiger partial charge >= 0.3 is 0 Å². The van der Waals surface area contributed by atoms with E-state index in [4.69, 9.17) is 10.2 Å². The fraction of sp³-hybridized carbons (Fsp3) is 0.308. The number of nitrogens with two attached hydrogens (primary N) is 1. The Morgan fingerprint density at radius 2 is 2.12 bits per heavy atom. The Hall–Kier alpha value is -1.61. The van der Waals surface area contributed by atoms with Crippen molar-refractivity contribution in [3.05, 3.63) is 41.3 Å². The molecule has 0 spiro atoms.